The van der Waals surface area contributed by atoms with Crippen molar-refractivity contribution in [2.75, 3.05) is 33.9 Å². The minimum Gasteiger partial charge on any atom is -0.389 e. The second kappa shape index (κ2) is 7.86. The maximum atomic E-state index is 9.76. The van der Waals surface area contributed by atoms with E-state index in [1.807, 2.05) is 36.2 Å². The molecule has 1 rings (SSSR count). The predicted molar refractivity (Wildman–Crippen MR) is 76.5 cm³/mol. The van der Waals surface area contributed by atoms with Crippen LogP contribution in [0.1, 0.15) is 11.6 Å². The van der Waals surface area contributed by atoms with Gasteiger partial charge in [0.25, 0.3) is 0 Å². The van der Waals surface area contributed by atoms with E-state index >= 15 is 0 Å². The van der Waals surface area contributed by atoms with Gasteiger partial charge in [-0.3, -0.25) is 4.90 Å². The molecule has 0 fully saturated rings. The van der Waals surface area contributed by atoms with Gasteiger partial charge in [-0.1, -0.05) is 34.1 Å². The van der Waals surface area contributed by atoms with Crippen LogP contribution in [0.2, 0.25) is 0 Å². The van der Waals surface area contributed by atoms with Crippen molar-refractivity contribution in [1.29, 1.82) is 0 Å². The number of hydrogen-bond donors (Lipinski definition) is 2. The highest BCUT2D eigenvalue weighted by molar-refractivity contribution is 9.10. The van der Waals surface area contributed by atoms with Crippen LogP contribution >= 0.6 is 15.9 Å². The highest BCUT2D eigenvalue weighted by Gasteiger charge is 2.19. The maximum Gasteiger partial charge on any atom is 0.0900 e. The molecule has 0 aliphatic carbocycles. The Kier molecular flexibility index (Phi) is 6.81. The molecule has 1 aromatic carbocycles. The van der Waals surface area contributed by atoms with Crippen LogP contribution in [0.25, 0.3) is 0 Å². The number of benzene rings is 1. The Bertz CT molecular complexity index is 363. The molecule has 1 aromatic rings. The molecule has 0 saturated heterocycles. The number of aliphatic hydroxyl groups excluding tert-OH is 1. The van der Waals surface area contributed by atoms with E-state index in [1.165, 1.54) is 0 Å². The molecule has 18 heavy (non-hydrogen) atoms. The number of halogens is 1. The number of aliphatic hydroxyl groups is 1. The largest absolute Gasteiger partial charge is 0.389 e. The van der Waals surface area contributed by atoms with Gasteiger partial charge in [-0.25, -0.2) is 0 Å². The third-order valence-electron chi connectivity index (χ3n) is 2.88. The monoisotopic (exact) mass is 316 g/mol. The first-order chi connectivity index (χ1) is 8.60. The standard InChI is InChI=1S/C13H21BrN2O2/c1-16(8-10(17)9-18-2)13(7-15)11-5-3-4-6-12(11)14/h3-6,10,13,17H,7-9,15H2,1-2H3. The SMILES string of the molecule is COCC(O)CN(C)C(CN)c1ccccc1Br. The summed E-state index contributed by atoms with van der Waals surface area (Å²) in [5.74, 6) is 0. The number of methoxy groups -OCH3 is 1. The third kappa shape index (κ3) is 4.33. The number of ether oxygens (including phenoxy) is 1. The number of likely N-dealkylation sites (N-methyl/N-ethyl adjacent to an activating group) is 1. The van der Waals surface area contributed by atoms with Crippen LogP contribution < -0.4 is 5.73 Å². The summed E-state index contributed by atoms with van der Waals surface area (Å²) in [6, 6.07) is 8.08. The summed E-state index contributed by atoms with van der Waals surface area (Å²) in [7, 11) is 3.53. The van der Waals surface area contributed by atoms with Crippen molar-refractivity contribution in [2.24, 2.45) is 5.73 Å². The molecule has 0 aromatic heterocycles. The summed E-state index contributed by atoms with van der Waals surface area (Å²) in [5.41, 5.74) is 6.98. The van der Waals surface area contributed by atoms with Crippen molar-refractivity contribution in [1.82, 2.24) is 4.90 Å². The second-order valence-electron chi connectivity index (χ2n) is 4.32. The molecule has 3 N–H and O–H groups in total. The fourth-order valence-corrected chi connectivity index (χ4v) is 2.54. The summed E-state index contributed by atoms with van der Waals surface area (Å²) < 4.78 is 5.97. The van der Waals surface area contributed by atoms with Crippen LogP contribution in [0, 0.1) is 0 Å². The smallest absolute Gasteiger partial charge is 0.0900 e. The van der Waals surface area contributed by atoms with Crippen LogP contribution in [0.3, 0.4) is 0 Å². The van der Waals surface area contributed by atoms with Crippen molar-refractivity contribution in [2.45, 2.75) is 12.1 Å². The fraction of sp³-hybridized carbons (Fsp3) is 0.538. The van der Waals surface area contributed by atoms with E-state index in [1.54, 1.807) is 7.11 Å². The van der Waals surface area contributed by atoms with E-state index in [2.05, 4.69) is 15.9 Å². The van der Waals surface area contributed by atoms with E-state index in [4.69, 9.17) is 10.5 Å². The third-order valence-corrected chi connectivity index (χ3v) is 3.60. The normalized spacial score (nSPS) is 14.8. The first-order valence-corrected chi connectivity index (χ1v) is 6.71. The lowest BCUT2D eigenvalue weighted by Gasteiger charge is -2.29. The quantitative estimate of drug-likeness (QED) is 0.798. The molecule has 102 valence electrons. The zero-order chi connectivity index (χ0) is 13.5. The van der Waals surface area contributed by atoms with Crippen LogP contribution in [0.5, 0.6) is 0 Å². The number of rotatable bonds is 7. The van der Waals surface area contributed by atoms with Crippen molar-refractivity contribution >= 4 is 15.9 Å². The van der Waals surface area contributed by atoms with E-state index in [0.29, 0.717) is 19.7 Å². The van der Waals surface area contributed by atoms with Crippen LogP contribution in [0.15, 0.2) is 28.7 Å². The molecular weight excluding hydrogens is 296 g/mol. The molecule has 0 saturated carbocycles. The van der Waals surface area contributed by atoms with Crippen LogP contribution in [-0.2, 0) is 4.74 Å². The Morgan fingerprint density at radius 2 is 2.11 bits per heavy atom. The predicted octanol–water partition coefficient (Wildman–Crippen LogP) is 1.39. The van der Waals surface area contributed by atoms with E-state index in [9.17, 15) is 5.11 Å². The zero-order valence-corrected chi connectivity index (χ0v) is 12.4. The summed E-state index contributed by atoms with van der Waals surface area (Å²) in [6.07, 6.45) is -0.503. The van der Waals surface area contributed by atoms with Crippen molar-refractivity contribution < 1.29 is 9.84 Å². The lowest BCUT2D eigenvalue weighted by atomic mass is 10.1. The summed E-state index contributed by atoms with van der Waals surface area (Å²) in [6.45, 7) is 1.35. The van der Waals surface area contributed by atoms with Gasteiger partial charge in [-0.05, 0) is 18.7 Å². The van der Waals surface area contributed by atoms with Gasteiger partial charge in [0.05, 0.1) is 12.7 Å². The summed E-state index contributed by atoms with van der Waals surface area (Å²) >= 11 is 3.53. The Balaban J connectivity index is 2.74. The second-order valence-corrected chi connectivity index (χ2v) is 5.18. The highest BCUT2D eigenvalue weighted by atomic mass is 79.9. The minimum absolute atomic E-state index is 0.0760. The zero-order valence-electron chi connectivity index (χ0n) is 10.8. The van der Waals surface area contributed by atoms with E-state index < -0.39 is 6.10 Å². The molecule has 0 radical (unpaired) electrons. The number of hydrogen-bond acceptors (Lipinski definition) is 4. The Hall–Kier alpha value is -0.460. The number of nitrogens with two attached hydrogens (primary N) is 1. The van der Waals surface area contributed by atoms with Gasteiger partial charge in [0, 0.05) is 30.7 Å². The van der Waals surface area contributed by atoms with E-state index in [-0.39, 0.29) is 6.04 Å². The Labute approximate surface area is 117 Å². The molecule has 0 aliphatic rings. The minimum atomic E-state index is -0.503. The van der Waals surface area contributed by atoms with Gasteiger partial charge >= 0.3 is 0 Å². The molecule has 0 aliphatic heterocycles. The summed E-state index contributed by atoms with van der Waals surface area (Å²) in [4.78, 5) is 2.05. The molecular formula is C13H21BrN2O2. The average molecular weight is 317 g/mol. The van der Waals surface area contributed by atoms with Gasteiger partial charge < -0.3 is 15.6 Å². The molecule has 2 atom stereocenters. The van der Waals surface area contributed by atoms with Gasteiger partial charge in [-0.2, -0.15) is 0 Å². The van der Waals surface area contributed by atoms with Crippen molar-refractivity contribution in [3.05, 3.63) is 34.3 Å². The Morgan fingerprint density at radius 3 is 2.67 bits per heavy atom. The fourth-order valence-electron chi connectivity index (χ4n) is 1.99. The van der Waals surface area contributed by atoms with Crippen molar-refractivity contribution in [3.63, 3.8) is 0 Å². The first-order valence-electron chi connectivity index (χ1n) is 5.91. The molecule has 2 unspecified atom stereocenters. The van der Waals surface area contributed by atoms with E-state index in [0.717, 1.165) is 10.0 Å². The van der Waals surface area contributed by atoms with Gasteiger partial charge in [0.15, 0.2) is 0 Å². The molecule has 4 nitrogen and oxygen atoms in total. The topological polar surface area (TPSA) is 58.7 Å². The lowest BCUT2D eigenvalue weighted by Crippen LogP contribution is -2.37. The molecule has 5 heteroatoms. The van der Waals surface area contributed by atoms with Crippen molar-refractivity contribution in [3.8, 4) is 0 Å². The van der Waals surface area contributed by atoms with Gasteiger partial charge in [0.2, 0.25) is 0 Å². The van der Waals surface area contributed by atoms with Gasteiger partial charge in [0.1, 0.15) is 0 Å². The molecule has 0 bridgehead atoms. The molecule has 0 heterocycles. The first kappa shape index (κ1) is 15.6. The molecule has 0 spiro atoms. The number of nitrogens with zero attached hydrogens (tertiary/aromatic N) is 1. The Morgan fingerprint density at radius 1 is 1.44 bits per heavy atom. The summed E-state index contributed by atoms with van der Waals surface area (Å²) in [5, 5.41) is 9.76. The maximum absolute atomic E-state index is 9.76. The molecule has 0 amide bonds. The van der Waals surface area contributed by atoms with Crippen LogP contribution in [0.4, 0.5) is 0 Å². The average Bonchev–Trinajstić information content (AvgIpc) is 2.32. The highest BCUT2D eigenvalue weighted by Crippen LogP contribution is 2.26. The van der Waals surface area contributed by atoms with Crippen LogP contribution in [-0.4, -0.2) is 50.0 Å². The van der Waals surface area contributed by atoms with Gasteiger partial charge in [-0.15, -0.1) is 0 Å². The lowest BCUT2D eigenvalue weighted by molar-refractivity contribution is 0.0347.